The molecule has 1 fully saturated rings. The molecule has 0 aliphatic carbocycles. The monoisotopic (exact) mass is 353 g/mol. The Labute approximate surface area is 155 Å². The highest BCUT2D eigenvalue weighted by Crippen LogP contribution is 2.19. The minimum atomic E-state index is -0.198. The summed E-state index contributed by atoms with van der Waals surface area (Å²) in [5.41, 5.74) is 3.44. The van der Waals surface area contributed by atoms with Gasteiger partial charge in [0.15, 0.2) is 0 Å². The van der Waals surface area contributed by atoms with Crippen LogP contribution in [-0.4, -0.2) is 53.5 Å². The van der Waals surface area contributed by atoms with Crippen LogP contribution in [0.25, 0.3) is 0 Å². The van der Waals surface area contributed by atoms with E-state index in [0.29, 0.717) is 11.5 Å². The normalized spacial score (nSPS) is 15.2. The largest absolute Gasteiger partial charge is 0.354 e. The summed E-state index contributed by atoms with van der Waals surface area (Å²) in [5.74, 6) is 1.25. The number of anilines is 2. The molecule has 138 valence electrons. The lowest BCUT2D eigenvalue weighted by molar-refractivity contribution is 0.102. The number of hydrogen-bond acceptors (Lipinski definition) is 5. The molecule has 6 nitrogen and oxygen atoms in total. The van der Waals surface area contributed by atoms with Gasteiger partial charge in [-0.2, -0.15) is 0 Å². The van der Waals surface area contributed by atoms with Gasteiger partial charge in [0.1, 0.15) is 17.3 Å². The molecule has 1 aliphatic heterocycles. The molecular weight excluding hydrogens is 326 g/mol. The second kappa shape index (κ2) is 7.83. The third kappa shape index (κ3) is 4.19. The maximum Gasteiger partial charge on any atom is 0.274 e. The van der Waals surface area contributed by atoms with Crippen LogP contribution in [0.2, 0.25) is 0 Å². The summed E-state index contributed by atoms with van der Waals surface area (Å²) in [6.45, 7) is 13.0. The molecule has 1 N–H and O–H groups in total. The summed E-state index contributed by atoms with van der Waals surface area (Å²) < 4.78 is 0. The molecule has 6 heteroatoms. The number of carbonyl (C=O) groups excluding carboxylic acids is 1. The predicted molar refractivity (Wildman–Crippen MR) is 105 cm³/mol. The highest BCUT2D eigenvalue weighted by atomic mass is 16.1. The summed E-state index contributed by atoms with van der Waals surface area (Å²) in [6, 6.07) is 7.78. The zero-order chi connectivity index (χ0) is 18.7. The third-order valence-corrected chi connectivity index (χ3v) is 4.83. The van der Waals surface area contributed by atoms with Crippen molar-refractivity contribution in [3.63, 3.8) is 0 Å². The predicted octanol–water partition coefficient (Wildman–Crippen LogP) is 2.80. The van der Waals surface area contributed by atoms with Crippen molar-refractivity contribution in [3.8, 4) is 0 Å². The fraction of sp³-hybridized carbons (Fsp3) is 0.450. The smallest absolute Gasteiger partial charge is 0.274 e. The van der Waals surface area contributed by atoms with Crippen LogP contribution < -0.4 is 10.2 Å². The molecule has 0 radical (unpaired) electrons. The van der Waals surface area contributed by atoms with Gasteiger partial charge in [0.05, 0.1) is 0 Å². The molecule has 26 heavy (non-hydrogen) atoms. The molecule has 1 aromatic heterocycles. The maximum absolute atomic E-state index is 12.7. The van der Waals surface area contributed by atoms with Crippen molar-refractivity contribution in [1.29, 1.82) is 0 Å². The summed E-state index contributed by atoms with van der Waals surface area (Å²) >= 11 is 0. The number of likely N-dealkylation sites (N-methyl/N-ethyl adjacent to an activating group) is 1. The maximum atomic E-state index is 12.7. The molecule has 1 amide bonds. The lowest BCUT2D eigenvalue weighted by Crippen LogP contribution is -2.46. The molecule has 1 aromatic carbocycles. The Kier molecular flexibility index (Phi) is 5.52. The van der Waals surface area contributed by atoms with Crippen LogP contribution in [0.4, 0.5) is 11.5 Å². The van der Waals surface area contributed by atoms with E-state index in [4.69, 9.17) is 0 Å². The van der Waals surface area contributed by atoms with Crippen LogP contribution in [0.3, 0.4) is 0 Å². The highest BCUT2D eigenvalue weighted by molar-refractivity contribution is 6.03. The molecule has 2 aromatic rings. The Balaban J connectivity index is 1.77. The fourth-order valence-electron chi connectivity index (χ4n) is 3.26. The molecule has 0 bridgehead atoms. The minimum Gasteiger partial charge on any atom is -0.354 e. The van der Waals surface area contributed by atoms with Gasteiger partial charge in [0.2, 0.25) is 0 Å². The zero-order valence-electron chi connectivity index (χ0n) is 16.0. The highest BCUT2D eigenvalue weighted by Gasteiger charge is 2.19. The van der Waals surface area contributed by atoms with Crippen LogP contribution in [0.1, 0.15) is 34.4 Å². The van der Waals surface area contributed by atoms with Crippen molar-refractivity contribution in [2.24, 2.45) is 0 Å². The number of rotatable bonds is 4. The molecule has 3 rings (SSSR count). The van der Waals surface area contributed by atoms with Gasteiger partial charge in [-0.1, -0.05) is 24.6 Å². The molecule has 0 spiro atoms. The van der Waals surface area contributed by atoms with E-state index in [1.807, 2.05) is 32.9 Å². The minimum absolute atomic E-state index is 0.198. The van der Waals surface area contributed by atoms with Crippen molar-refractivity contribution < 1.29 is 4.79 Å². The summed E-state index contributed by atoms with van der Waals surface area (Å²) in [6.07, 6.45) is 0. The van der Waals surface area contributed by atoms with Gasteiger partial charge in [0.25, 0.3) is 5.91 Å². The van der Waals surface area contributed by atoms with Crippen LogP contribution in [0.5, 0.6) is 0 Å². The SMILES string of the molecule is CCN1CCN(c2cc(C(=O)Nc3ccc(C)cc3C)nc(C)n2)CC1. The lowest BCUT2D eigenvalue weighted by atomic mass is 10.1. The molecule has 1 aliphatic rings. The topological polar surface area (TPSA) is 61.4 Å². The molecule has 0 saturated carbocycles. The van der Waals surface area contributed by atoms with E-state index in [2.05, 4.69) is 38.1 Å². The summed E-state index contributed by atoms with van der Waals surface area (Å²) in [4.78, 5) is 26.2. The van der Waals surface area contributed by atoms with Crippen LogP contribution in [-0.2, 0) is 0 Å². The zero-order valence-corrected chi connectivity index (χ0v) is 16.0. The quantitative estimate of drug-likeness (QED) is 0.916. The standard InChI is InChI=1S/C20H27N5O/c1-5-24-8-10-25(11-9-24)19-13-18(21-16(4)22-19)20(26)23-17-7-6-14(2)12-15(17)3/h6-7,12-13H,5,8-11H2,1-4H3,(H,23,26). The number of aryl methyl sites for hydroxylation is 3. The van der Waals surface area contributed by atoms with E-state index >= 15 is 0 Å². The number of amides is 1. The average molecular weight is 353 g/mol. The van der Waals surface area contributed by atoms with Crippen molar-refractivity contribution in [2.75, 3.05) is 42.9 Å². The Morgan fingerprint density at radius 2 is 1.81 bits per heavy atom. The number of carbonyl (C=O) groups is 1. The Hall–Kier alpha value is -2.47. The van der Waals surface area contributed by atoms with Gasteiger partial charge in [-0.3, -0.25) is 4.79 Å². The van der Waals surface area contributed by atoms with Gasteiger partial charge in [-0.05, 0) is 38.9 Å². The van der Waals surface area contributed by atoms with Crippen LogP contribution >= 0.6 is 0 Å². The van der Waals surface area contributed by atoms with Gasteiger partial charge >= 0.3 is 0 Å². The number of nitrogens with one attached hydrogen (secondary N) is 1. The Bertz CT molecular complexity index is 797. The van der Waals surface area contributed by atoms with Crippen molar-refractivity contribution in [1.82, 2.24) is 14.9 Å². The first-order valence-corrected chi connectivity index (χ1v) is 9.18. The van der Waals surface area contributed by atoms with Gasteiger partial charge in [-0.15, -0.1) is 0 Å². The number of aromatic nitrogens is 2. The molecule has 0 atom stereocenters. The van der Waals surface area contributed by atoms with Crippen molar-refractivity contribution in [2.45, 2.75) is 27.7 Å². The molecule has 1 saturated heterocycles. The first-order valence-electron chi connectivity index (χ1n) is 9.18. The summed E-state index contributed by atoms with van der Waals surface area (Å²) in [5, 5.41) is 2.97. The van der Waals surface area contributed by atoms with E-state index in [1.54, 1.807) is 6.07 Å². The van der Waals surface area contributed by atoms with Crippen molar-refractivity contribution >= 4 is 17.4 Å². The fourth-order valence-corrected chi connectivity index (χ4v) is 3.26. The Morgan fingerprint density at radius 3 is 2.46 bits per heavy atom. The number of hydrogen-bond donors (Lipinski definition) is 1. The van der Waals surface area contributed by atoms with E-state index in [0.717, 1.165) is 49.8 Å². The van der Waals surface area contributed by atoms with E-state index in [9.17, 15) is 4.79 Å². The van der Waals surface area contributed by atoms with E-state index in [-0.39, 0.29) is 5.91 Å². The van der Waals surface area contributed by atoms with Gasteiger partial charge in [-0.25, -0.2) is 9.97 Å². The molecule has 2 heterocycles. The molecule has 0 unspecified atom stereocenters. The first-order chi connectivity index (χ1) is 12.5. The second-order valence-corrected chi connectivity index (χ2v) is 6.85. The number of benzene rings is 1. The second-order valence-electron chi connectivity index (χ2n) is 6.85. The lowest BCUT2D eigenvalue weighted by Gasteiger charge is -2.34. The van der Waals surface area contributed by atoms with E-state index in [1.165, 1.54) is 5.56 Å². The Morgan fingerprint density at radius 1 is 1.08 bits per heavy atom. The van der Waals surface area contributed by atoms with Gasteiger partial charge < -0.3 is 15.1 Å². The van der Waals surface area contributed by atoms with Crippen LogP contribution in [0.15, 0.2) is 24.3 Å². The first kappa shape index (κ1) is 18.3. The molecular formula is C20H27N5O. The van der Waals surface area contributed by atoms with E-state index < -0.39 is 0 Å². The van der Waals surface area contributed by atoms with Gasteiger partial charge in [0, 0.05) is 37.9 Å². The average Bonchev–Trinajstić information content (AvgIpc) is 2.63. The van der Waals surface area contributed by atoms with Crippen molar-refractivity contribution in [3.05, 3.63) is 46.9 Å². The third-order valence-electron chi connectivity index (χ3n) is 4.83. The summed E-state index contributed by atoms with van der Waals surface area (Å²) in [7, 11) is 0. The number of nitrogens with zero attached hydrogens (tertiary/aromatic N) is 4. The van der Waals surface area contributed by atoms with Crippen LogP contribution in [0, 0.1) is 20.8 Å². The number of piperazine rings is 1.